The fraction of sp³-hybridized carbons (Fsp3) is 0.267. The van der Waals surface area contributed by atoms with Crippen LogP contribution in [0.3, 0.4) is 0 Å². The van der Waals surface area contributed by atoms with E-state index in [0.717, 1.165) is 33.2 Å². The van der Waals surface area contributed by atoms with Gasteiger partial charge in [0, 0.05) is 23.0 Å². The predicted octanol–water partition coefficient (Wildman–Crippen LogP) is 6.48. The van der Waals surface area contributed by atoms with Crippen molar-refractivity contribution in [2.24, 2.45) is 4.99 Å². The maximum Gasteiger partial charge on any atom is 0.264 e. The third-order valence-corrected chi connectivity index (χ3v) is 7.29. The van der Waals surface area contributed by atoms with Crippen LogP contribution in [-0.2, 0) is 10.0 Å². The molecule has 3 aromatic carbocycles. The SMILES string of the molecule is Cc1ccc(S(=O)(=O)NC(=NC(C)C)N(c2nc(-c3ccccc3)cc3ccc(C)cc23)C(C)C)cc1. The van der Waals surface area contributed by atoms with Crippen molar-refractivity contribution in [3.05, 3.63) is 90.0 Å². The van der Waals surface area contributed by atoms with Gasteiger partial charge < -0.3 is 0 Å². The third-order valence-electron chi connectivity index (χ3n) is 5.95. The summed E-state index contributed by atoms with van der Waals surface area (Å²) in [6.07, 6.45) is 0. The van der Waals surface area contributed by atoms with Crippen molar-refractivity contribution in [2.45, 2.75) is 58.5 Å². The quantitative estimate of drug-likeness (QED) is 0.236. The topological polar surface area (TPSA) is 74.7 Å². The van der Waals surface area contributed by atoms with E-state index in [0.29, 0.717) is 5.82 Å². The molecule has 0 amide bonds. The van der Waals surface area contributed by atoms with Gasteiger partial charge in [-0.15, -0.1) is 0 Å². The lowest BCUT2D eigenvalue weighted by Gasteiger charge is -2.31. The van der Waals surface area contributed by atoms with E-state index in [4.69, 9.17) is 9.98 Å². The van der Waals surface area contributed by atoms with E-state index in [9.17, 15) is 8.42 Å². The van der Waals surface area contributed by atoms with E-state index in [2.05, 4.69) is 29.0 Å². The summed E-state index contributed by atoms with van der Waals surface area (Å²) in [5.41, 5.74) is 3.87. The van der Waals surface area contributed by atoms with E-state index >= 15 is 0 Å². The van der Waals surface area contributed by atoms with Crippen LogP contribution in [0.5, 0.6) is 0 Å². The molecule has 6 nitrogen and oxygen atoms in total. The second-order valence-electron chi connectivity index (χ2n) is 9.85. The number of rotatable bonds is 6. The van der Waals surface area contributed by atoms with Crippen LogP contribution < -0.4 is 9.62 Å². The fourth-order valence-corrected chi connectivity index (χ4v) is 5.16. The molecule has 192 valence electrons. The third kappa shape index (κ3) is 6.00. The predicted molar refractivity (Wildman–Crippen MR) is 154 cm³/mol. The maximum absolute atomic E-state index is 13.5. The zero-order chi connectivity index (χ0) is 26.7. The zero-order valence-electron chi connectivity index (χ0n) is 22.2. The normalized spacial score (nSPS) is 12.4. The number of pyridine rings is 1. The molecule has 0 bridgehead atoms. The molecule has 1 N–H and O–H groups in total. The molecular weight excluding hydrogens is 480 g/mol. The Labute approximate surface area is 220 Å². The van der Waals surface area contributed by atoms with Gasteiger partial charge in [0.05, 0.1) is 10.6 Å². The molecular formula is C30H34N4O2S. The lowest BCUT2D eigenvalue weighted by molar-refractivity contribution is 0.591. The lowest BCUT2D eigenvalue weighted by atomic mass is 10.0. The average Bonchev–Trinajstić information content (AvgIpc) is 2.84. The monoisotopic (exact) mass is 514 g/mol. The summed E-state index contributed by atoms with van der Waals surface area (Å²) in [6.45, 7) is 11.8. The molecule has 0 radical (unpaired) electrons. The highest BCUT2D eigenvalue weighted by molar-refractivity contribution is 7.90. The molecule has 37 heavy (non-hydrogen) atoms. The number of hydrogen-bond donors (Lipinski definition) is 1. The first-order chi connectivity index (χ1) is 17.5. The van der Waals surface area contributed by atoms with Crippen molar-refractivity contribution in [1.29, 1.82) is 0 Å². The van der Waals surface area contributed by atoms with E-state index in [1.54, 1.807) is 24.3 Å². The van der Waals surface area contributed by atoms with Crippen LogP contribution in [0, 0.1) is 13.8 Å². The molecule has 0 aliphatic rings. The van der Waals surface area contributed by atoms with E-state index in [-0.39, 0.29) is 22.9 Å². The first-order valence-corrected chi connectivity index (χ1v) is 14.0. The lowest BCUT2D eigenvalue weighted by Crippen LogP contribution is -2.48. The van der Waals surface area contributed by atoms with Gasteiger partial charge in [-0.05, 0) is 71.2 Å². The molecule has 0 atom stereocenters. The summed E-state index contributed by atoms with van der Waals surface area (Å²) >= 11 is 0. The molecule has 0 saturated heterocycles. The van der Waals surface area contributed by atoms with E-state index < -0.39 is 10.0 Å². The number of nitrogens with zero attached hydrogens (tertiary/aromatic N) is 3. The van der Waals surface area contributed by atoms with Gasteiger partial charge in [0.2, 0.25) is 5.96 Å². The first-order valence-electron chi connectivity index (χ1n) is 12.5. The summed E-state index contributed by atoms with van der Waals surface area (Å²) in [6, 6.07) is 24.8. The molecule has 1 aromatic heterocycles. The Morgan fingerprint density at radius 3 is 2.14 bits per heavy atom. The second-order valence-corrected chi connectivity index (χ2v) is 11.5. The minimum atomic E-state index is -3.88. The molecule has 0 spiro atoms. The van der Waals surface area contributed by atoms with Crippen LogP contribution in [0.2, 0.25) is 0 Å². The van der Waals surface area contributed by atoms with Crippen LogP contribution >= 0.6 is 0 Å². The van der Waals surface area contributed by atoms with Gasteiger partial charge in [-0.2, -0.15) is 0 Å². The van der Waals surface area contributed by atoms with Gasteiger partial charge in [0.25, 0.3) is 10.0 Å². The molecule has 0 unspecified atom stereocenters. The van der Waals surface area contributed by atoms with Gasteiger partial charge in [0.15, 0.2) is 0 Å². The zero-order valence-corrected chi connectivity index (χ0v) is 23.0. The molecule has 4 aromatic rings. The van der Waals surface area contributed by atoms with Crippen molar-refractivity contribution in [3.63, 3.8) is 0 Å². The van der Waals surface area contributed by atoms with Crippen LogP contribution in [0.25, 0.3) is 22.0 Å². The highest BCUT2D eigenvalue weighted by Gasteiger charge is 2.27. The smallest absolute Gasteiger partial charge is 0.264 e. The van der Waals surface area contributed by atoms with Gasteiger partial charge in [-0.1, -0.05) is 65.7 Å². The number of hydrogen-bond acceptors (Lipinski definition) is 4. The number of aromatic nitrogens is 1. The molecule has 0 aliphatic carbocycles. The molecule has 1 heterocycles. The minimum Gasteiger partial charge on any atom is -0.293 e. The Balaban J connectivity index is 1.92. The number of aryl methyl sites for hydroxylation is 2. The molecule has 0 fully saturated rings. The Morgan fingerprint density at radius 1 is 0.865 bits per heavy atom. The summed E-state index contributed by atoms with van der Waals surface area (Å²) in [7, 11) is -3.88. The largest absolute Gasteiger partial charge is 0.293 e. The number of benzene rings is 3. The molecule has 0 aliphatic heterocycles. The Hall–Kier alpha value is -3.71. The summed E-state index contributed by atoms with van der Waals surface area (Å²) in [4.78, 5) is 11.9. The number of fused-ring (bicyclic) bond motifs is 1. The van der Waals surface area contributed by atoms with Gasteiger partial charge in [-0.3, -0.25) is 4.90 Å². The molecule has 4 rings (SSSR count). The van der Waals surface area contributed by atoms with Crippen molar-refractivity contribution in [1.82, 2.24) is 9.71 Å². The molecule has 7 heteroatoms. The maximum atomic E-state index is 13.5. The van der Waals surface area contributed by atoms with Crippen LogP contribution in [-0.4, -0.2) is 31.4 Å². The fourth-order valence-electron chi connectivity index (χ4n) is 4.15. The van der Waals surface area contributed by atoms with E-state index in [1.165, 1.54) is 0 Å². The molecule has 0 saturated carbocycles. The van der Waals surface area contributed by atoms with Crippen molar-refractivity contribution < 1.29 is 8.42 Å². The summed E-state index contributed by atoms with van der Waals surface area (Å²) < 4.78 is 29.7. The van der Waals surface area contributed by atoms with Gasteiger partial charge >= 0.3 is 0 Å². The number of aliphatic imine (C=N–C) groups is 1. The van der Waals surface area contributed by atoms with Crippen LogP contribution in [0.4, 0.5) is 5.82 Å². The van der Waals surface area contributed by atoms with Crippen LogP contribution in [0.15, 0.2) is 88.8 Å². The summed E-state index contributed by atoms with van der Waals surface area (Å²) in [5, 5.41) is 1.95. The van der Waals surface area contributed by atoms with E-state index in [1.807, 2.05) is 76.8 Å². The number of sulfonamides is 1. The number of nitrogens with one attached hydrogen (secondary N) is 1. The highest BCUT2D eigenvalue weighted by atomic mass is 32.2. The Morgan fingerprint density at radius 2 is 1.51 bits per heavy atom. The average molecular weight is 515 g/mol. The standard InChI is InChI=1S/C30H34N4O2S/c1-20(2)31-30(33-37(35,36)26-16-13-22(5)14-17-26)34(21(3)4)29-27-18-23(6)12-15-25(27)19-28(32-29)24-10-8-7-9-11-24/h7-21H,1-6H3,(H,31,33). The second kappa shape index (κ2) is 10.7. The minimum absolute atomic E-state index is 0.138. The van der Waals surface area contributed by atoms with Crippen LogP contribution in [0.1, 0.15) is 38.8 Å². The van der Waals surface area contributed by atoms with Gasteiger partial charge in [0.1, 0.15) is 5.82 Å². The Kier molecular flexibility index (Phi) is 7.64. The van der Waals surface area contributed by atoms with Crippen molar-refractivity contribution in [3.8, 4) is 11.3 Å². The highest BCUT2D eigenvalue weighted by Crippen LogP contribution is 2.32. The van der Waals surface area contributed by atoms with Gasteiger partial charge in [-0.25, -0.2) is 23.1 Å². The number of anilines is 1. The number of guanidine groups is 1. The van der Waals surface area contributed by atoms with Crippen molar-refractivity contribution in [2.75, 3.05) is 4.90 Å². The summed E-state index contributed by atoms with van der Waals surface area (Å²) in [5.74, 6) is 0.896. The van der Waals surface area contributed by atoms with Crippen molar-refractivity contribution >= 4 is 32.6 Å². The Bertz CT molecular complexity index is 1530. The first kappa shape index (κ1) is 26.4.